The van der Waals surface area contributed by atoms with E-state index >= 15 is 0 Å². The second kappa shape index (κ2) is 14.7. The normalized spacial score (nSPS) is 26.8. The maximum atomic E-state index is 13.4. The zero-order chi connectivity index (χ0) is 36.6. The number of carbonyl (C=O) groups excluding carboxylic acids is 4. The van der Waals surface area contributed by atoms with E-state index in [1.54, 1.807) is 14.1 Å². The zero-order valence-electron chi connectivity index (χ0n) is 30.4. The topological polar surface area (TPSA) is 143 Å². The van der Waals surface area contributed by atoms with Crippen molar-refractivity contribution >= 4 is 35.8 Å². The molecule has 4 unspecified atom stereocenters. The smallest absolute Gasteiger partial charge is 0.325 e. The first-order valence-electron chi connectivity index (χ1n) is 18.6. The number of carbonyl (C=O) groups is 4. The highest BCUT2D eigenvalue weighted by Crippen LogP contribution is 2.29. The Hall–Kier alpha value is -5.22. The molecule has 0 saturated carbocycles. The van der Waals surface area contributed by atoms with Crippen LogP contribution in [0, 0.1) is 0 Å². The summed E-state index contributed by atoms with van der Waals surface area (Å²) in [6.45, 7) is 9.02. The Morgan fingerprint density at radius 2 is 0.943 bits per heavy atom. The van der Waals surface area contributed by atoms with Gasteiger partial charge in [-0.05, 0) is 17.5 Å². The van der Waals surface area contributed by atoms with Crippen molar-refractivity contribution in [2.24, 2.45) is 9.98 Å². The molecule has 0 bridgehead atoms. The number of hydrogen-bond donors (Lipinski definition) is 2. The lowest BCUT2D eigenvalue weighted by molar-refractivity contribution is -0.127. The van der Waals surface area contributed by atoms with Gasteiger partial charge in [0.1, 0.15) is 0 Å². The van der Waals surface area contributed by atoms with Gasteiger partial charge in [-0.3, -0.25) is 30.0 Å². The fourth-order valence-electron chi connectivity index (χ4n) is 8.33. The van der Waals surface area contributed by atoms with Crippen LogP contribution in [0.3, 0.4) is 0 Å². The molecule has 2 N–H and O–H groups in total. The van der Waals surface area contributed by atoms with Gasteiger partial charge in [0, 0.05) is 92.6 Å². The van der Waals surface area contributed by atoms with Crippen LogP contribution in [0.15, 0.2) is 70.6 Å². The van der Waals surface area contributed by atoms with Crippen molar-refractivity contribution in [2.75, 3.05) is 79.5 Å². The maximum absolute atomic E-state index is 13.4. The molecule has 16 nitrogen and oxygen atoms in total. The number of benzene rings is 2. The van der Waals surface area contributed by atoms with E-state index in [1.165, 1.54) is 20.9 Å². The van der Waals surface area contributed by atoms with Gasteiger partial charge in [0.05, 0.1) is 0 Å². The molecule has 8 rings (SSSR count). The van der Waals surface area contributed by atoms with Crippen LogP contribution in [0.4, 0.5) is 9.59 Å². The number of piperazine rings is 2. The summed E-state index contributed by atoms with van der Waals surface area (Å²) in [5.41, 5.74) is 2.54. The van der Waals surface area contributed by atoms with Crippen molar-refractivity contribution in [1.82, 2.24) is 49.8 Å². The average Bonchev–Trinajstić information content (AvgIpc) is 3.75. The molecule has 6 aliphatic rings. The molecule has 53 heavy (non-hydrogen) atoms. The van der Waals surface area contributed by atoms with Gasteiger partial charge in [-0.2, -0.15) is 0 Å². The Kier molecular flexibility index (Phi) is 9.64. The Bertz CT molecular complexity index is 1630. The highest BCUT2D eigenvalue weighted by molar-refractivity contribution is 6.04. The minimum atomic E-state index is -0.658. The minimum absolute atomic E-state index is 0.358. The lowest BCUT2D eigenvalue weighted by atomic mass is 10.1. The van der Waals surface area contributed by atoms with Gasteiger partial charge in [0.25, 0.3) is 11.8 Å². The maximum Gasteiger partial charge on any atom is 0.325 e. The van der Waals surface area contributed by atoms with E-state index in [9.17, 15) is 19.2 Å². The van der Waals surface area contributed by atoms with Gasteiger partial charge in [-0.15, -0.1) is 0 Å². The first kappa shape index (κ1) is 34.8. The van der Waals surface area contributed by atoms with Crippen LogP contribution in [0.2, 0.25) is 0 Å². The number of imide groups is 2. The van der Waals surface area contributed by atoms with Gasteiger partial charge < -0.3 is 29.4 Å². The quantitative estimate of drug-likeness (QED) is 0.386. The SMILES string of the molecule is CN1C(=O)NC(=O)C2C1N=C(N1CCN(Cc3ccccc3)CC1)N2CCCN1C(N2CCN(Cc3ccccc3)CC2)=NC2C1C(=O)NC(=O)N2C. The molecular formula is C37H48N12O4. The van der Waals surface area contributed by atoms with Crippen molar-refractivity contribution in [1.29, 1.82) is 0 Å². The van der Waals surface area contributed by atoms with Crippen LogP contribution in [0.1, 0.15) is 17.5 Å². The Labute approximate surface area is 309 Å². The molecule has 4 fully saturated rings. The number of guanidine groups is 2. The molecule has 4 atom stereocenters. The van der Waals surface area contributed by atoms with Crippen LogP contribution >= 0.6 is 0 Å². The first-order chi connectivity index (χ1) is 25.7. The van der Waals surface area contributed by atoms with E-state index < -0.39 is 36.5 Å². The number of aliphatic imine (C=N–C) groups is 2. The molecule has 0 spiro atoms. The summed E-state index contributed by atoms with van der Waals surface area (Å²) in [4.78, 5) is 78.5. The molecule has 2 aromatic carbocycles. The number of amides is 6. The number of nitrogens with one attached hydrogen (secondary N) is 2. The van der Waals surface area contributed by atoms with Gasteiger partial charge in [-0.1, -0.05) is 60.7 Å². The number of rotatable bonds is 8. The predicted molar refractivity (Wildman–Crippen MR) is 197 cm³/mol. The van der Waals surface area contributed by atoms with Gasteiger partial charge in [0.15, 0.2) is 36.3 Å². The molecule has 6 aliphatic heterocycles. The van der Waals surface area contributed by atoms with E-state index in [2.05, 4.69) is 78.8 Å². The third kappa shape index (κ3) is 6.88. The zero-order valence-corrected chi connectivity index (χ0v) is 30.4. The molecular weight excluding hydrogens is 676 g/mol. The minimum Gasteiger partial charge on any atom is -0.340 e. The number of urea groups is 2. The van der Waals surface area contributed by atoms with Crippen molar-refractivity contribution in [3.8, 4) is 0 Å². The highest BCUT2D eigenvalue weighted by Gasteiger charge is 2.52. The summed E-state index contributed by atoms with van der Waals surface area (Å²) < 4.78 is 0. The van der Waals surface area contributed by atoms with E-state index in [1.807, 2.05) is 21.9 Å². The molecule has 2 aromatic rings. The number of hydrogen-bond acceptors (Lipinski definition) is 12. The monoisotopic (exact) mass is 724 g/mol. The van der Waals surface area contributed by atoms with E-state index in [0.717, 1.165) is 77.4 Å². The number of nitrogens with zero attached hydrogens (tertiary/aromatic N) is 10. The van der Waals surface area contributed by atoms with Crippen LogP contribution in [0.25, 0.3) is 0 Å². The van der Waals surface area contributed by atoms with Crippen molar-refractivity contribution < 1.29 is 19.2 Å². The van der Waals surface area contributed by atoms with E-state index in [4.69, 9.17) is 9.98 Å². The van der Waals surface area contributed by atoms with Crippen molar-refractivity contribution in [3.63, 3.8) is 0 Å². The molecule has 6 heterocycles. The summed E-state index contributed by atoms with van der Waals surface area (Å²) >= 11 is 0. The lowest BCUT2D eigenvalue weighted by Gasteiger charge is -2.42. The molecule has 0 aromatic heterocycles. The number of fused-ring (bicyclic) bond motifs is 2. The summed E-state index contributed by atoms with van der Waals surface area (Å²) in [6.07, 6.45) is -0.668. The lowest BCUT2D eigenvalue weighted by Crippen LogP contribution is -2.65. The highest BCUT2D eigenvalue weighted by atomic mass is 16.2. The second-order valence-electron chi connectivity index (χ2n) is 14.6. The molecule has 4 saturated heterocycles. The molecule has 16 heteroatoms. The van der Waals surface area contributed by atoms with Gasteiger partial charge in [0.2, 0.25) is 0 Å². The van der Waals surface area contributed by atoms with Crippen LogP contribution in [-0.4, -0.2) is 179 Å². The summed E-state index contributed by atoms with van der Waals surface area (Å²) in [6, 6.07) is 18.6. The third-order valence-electron chi connectivity index (χ3n) is 11.3. The van der Waals surface area contributed by atoms with Crippen LogP contribution in [0.5, 0.6) is 0 Å². The fourth-order valence-corrected chi connectivity index (χ4v) is 8.33. The van der Waals surface area contributed by atoms with Crippen molar-refractivity contribution in [3.05, 3.63) is 71.8 Å². The van der Waals surface area contributed by atoms with E-state index in [-0.39, 0.29) is 11.8 Å². The summed E-state index contributed by atoms with van der Waals surface area (Å²) in [5.74, 6) is 0.727. The molecule has 0 radical (unpaired) electrons. The number of likely N-dealkylation sites (N-methyl/N-ethyl adjacent to an activating group) is 2. The Morgan fingerprint density at radius 1 is 0.566 bits per heavy atom. The Morgan fingerprint density at radius 3 is 1.32 bits per heavy atom. The first-order valence-corrected chi connectivity index (χ1v) is 18.6. The average molecular weight is 725 g/mol. The summed E-state index contributed by atoms with van der Waals surface area (Å²) in [5, 5.41) is 5.03. The second-order valence-corrected chi connectivity index (χ2v) is 14.6. The van der Waals surface area contributed by atoms with E-state index in [0.29, 0.717) is 19.5 Å². The van der Waals surface area contributed by atoms with Crippen LogP contribution < -0.4 is 10.6 Å². The summed E-state index contributed by atoms with van der Waals surface area (Å²) in [7, 11) is 3.35. The molecule has 280 valence electrons. The Balaban J connectivity index is 0.968. The largest absolute Gasteiger partial charge is 0.340 e. The van der Waals surface area contributed by atoms with Gasteiger partial charge >= 0.3 is 12.1 Å². The molecule has 6 amide bonds. The van der Waals surface area contributed by atoms with Crippen LogP contribution in [-0.2, 0) is 22.7 Å². The van der Waals surface area contributed by atoms with Gasteiger partial charge in [-0.25, -0.2) is 19.6 Å². The predicted octanol–water partition coefficient (Wildman–Crippen LogP) is 0.108. The standard InChI is InChI=1S/C37H48N12O4/c1-42-30-28(32(50)40-36(42)52)48(34(38-30)46-20-16-44(17-21-46)24-26-10-5-3-6-11-26)14-9-15-49-29-31(43(2)37(53)41-33(29)51)39-35(49)47-22-18-45(19-23-47)25-27-12-7-4-8-13-27/h3-8,10-13,28-31H,9,14-25H2,1-2H3,(H,40,50,52)(H,41,51,53). The third-order valence-corrected chi connectivity index (χ3v) is 11.3. The fraction of sp³-hybridized carbons (Fsp3) is 0.514. The van der Waals surface area contributed by atoms with Crippen molar-refractivity contribution in [2.45, 2.75) is 43.9 Å². The molecule has 0 aliphatic carbocycles.